The Morgan fingerprint density at radius 3 is 2.57 bits per heavy atom. The van der Waals surface area contributed by atoms with Crippen LogP contribution in [0, 0.1) is 0 Å². The zero-order valence-electron chi connectivity index (χ0n) is 8.99. The van der Waals surface area contributed by atoms with E-state index < -0.39 is 17.7 Å². The summed E-state index contributed by atoms with van der Waals surface area (Å²) in [6.07, 6.45) is 4.08. The molecule has 0 aromatic rings. The van der Waals surface area contributed by atoms with Crippen LogP contribution in [-0.2, 0) is 9.53 Å². The third-order valence-corrected chi connectivity index (χ3v) is 1.31. The molecule has 0 aromatic carbocycles. The topological polar surface area (TPSA) is 46.5 Å². The Hall–Kier alpha value is -1.09. The van der Waals surface area contributed by atoms with Crippen molar-refractivity contribution in [3.63, 3.8) is 0 Å². The number of hydrogen-bond acceptors (Lipinski definition) is 3. The molecule has 3 nitrogen and oxygen atoms in total. The average molecular weight is 198 g/mol. The van der Waals surface area contributed by atoms with Crippen molar-refractivity contribution in [3.8, 4) is 0 Å². The molecule has 1 atom stereocenters. The van der Waals surface area contributed by atoms with Crippen molar-refractivity contribution in [2.75, 3.05) is 0 Å². The number of rotatable bonds is 4. The summed E-state index contributed by atoms with van der Waals surface area (Å²) in [6, 6.07) is 0. The molecule has 0 unspecified atom stereocenters. The molecule has 0 bridgehead atoms. The summed E-state index contributed by atoms with van der Waals surface area (Å²) < 4.78 is 5.02. The summed E-state index contributed by atoms with van der Waals surface area (Å²) in [6.45, 7) is 8.83. The van der Waals surface area contributed by atoms with E-state index >= 15 is 0 Å². The Kier molecular flexibility index (Phi) is 5.16. The molecule has 0 rings (SSSR count). The van der Waals surface area contributed by atoms with Gasteiger partial charge in [0.05, 0.1) is 6.10 Å². The maximum Gasteiger partial charge on any atom is 0.330 e. The van der Waals surface area contributed by atoms with E-state index in [2.05, 4.69) is 6.58 Å². The summed E-state index contributed by atoms with van der Waals surface area (Å²) in [7, 11) is 0. The second kappa shape index (κ2) is 5.60. The molecule has 0 spiro atoms. The summed E-state index contributed by atoms with van der Waals surface area (Å²) in [4.78, 5) is 11.1. The molecule has 14 heavy (non-hydrogen) atoms. The lowest BCUT2D eigenvalue weighted by atomic mass is 10.2. The molecule has 0 aliphatic carbocycles. The molecule has 3 heteroatoms. The molecule has 1 N–H and O–H groups in total. The van der Waals surface area contributed by atoms with Crippen LogP contribution in [0.5, 0.6) is 0 Å². The van der Waals surface area contributed by atoms with Gasteiger partial charge in [0, 0.05) is 6.08 Å². The first-order valence-electron chi connectivity index (χ1n) is 4.55. The predicted molar refractivity (Wildman–Crippen MR) is 55.8 cm³/mol. The molecule has 0 amide bonds. The number of aliphatic hydroxyl groups excluding tert-OH is 1. The Morgan fingerprint density at radius 2 is 2.14 bits per heavy atom. The van der Waals surface area contributed by atoms with Crippen LogP contribution in [0.25, 0.3) is 0 Å². The van der Waals surface area contributed by atoms with Crippen LogP contribution in [0.3, 0.4) is 0 Å². The average Bonchev–Trinajstić information content (AvgIpc) is 2.00. The highest BCUT2D eigenvalue weighted by atomic mass is 16.6. The Balaban J connectivity index is 3.89. The van der Waals surface area contributed by atoms with Crippen LogP contribution in [-0.4, -0.2) is 22.8 Å². The standard InChI is InChI=1S/C11H18O3/c1-5-9(12)7-6-8-10(13)14-11(2,3)4/h5-6,8-9,12H,1,7H2,2-4H3/b8-6+/t9-/m1/s1. The maximum absolute atomic E-state index is 11.1. The molecule has 0 aromatic heterocycles. The van der Waals surface area contributed by atoms with Crippen LogP contribution in [0.2, 0.25) is 0 Å². The van der Waals surface area contributed by atoms with E-state index in [4.69, 9.17) is 9.84 Å². The van der Waals surface area contributed by atoms with Gasteiger partial charge in [0.15, 0.2) is 0 Å². The summed E-state index contributed by atoms with van der Waals surface area (Å²) in [5.41, 5.74) is -0.474. The van der Waals surface area contributed by atoms with E-state index in [0.717, 1.165) is 0 Å². The fourth-order valence-electron chi connectivity index (χ4n) is 0.736. The van der Waals surface area contributed by atoms with Gasteiger partial charge in [-0.1, -0.05) is 12.2 Å². The normalized spacial score (nSPS) is 14.0. The molecule has 80 valence electrons. The molecule has 0 saturated carbocycles. The van der Waals surface area contributed by atoms with Gasteiger partial charge < -0.3 is 9.84 Å². The molecule has 0 saturated heterocycles. The van der Waals surface area contributed by atoms with E-state index in [1.165, 1.54) is 12.2 Å². The van der Waals surface area contributed by atoms with Crippen molar-refractivity contribution in [1.29, 1.82) is 0 Å². The van der Waals surface area contributed by atoms with Gasteiger partial charge in [-0.15, -0.1) is 6.58 Å². The summed E-state index contributed by atoms with van der Waals surface area (Å²) >= 11 is 0. The molecule has 0 aliphatic heterocycles. The lowest BCUT2D eigenvalue weighted by Gasteiger charge is -2.17. The van der Waals surface area contributed by atoms with Gasteiger partial charge in [-0.2, -0.15) is 0 Å². The highest BCUT2D eigenvalue weighted by Crippen LogP contribution is 2.07. The molecular weight excluding hydrogens is 180 g/mol. The zero-order valence-corrected chi connectivity index (χ0v) is 8.99. The molecular formula is C11H18O3. The fraction of sp³-hybridized carbons (Fsp3) is 0.545. The second-order valence-electron chi connectivity index (χ2n) is 3.97. The van der Waals surface area contributed by atoms with Crippen molar-refractivity contribution in [2.24, 2.45) is 0 Å². The Bertz CT molecular complexity index is 223. The van der Waals surface area contributed by atoms with E-state index in [1.54, 1.807) is 26.8 Å². The minimum Gasteiger partial charge on any atom is -0.457 e. The molecule has 0 radical (unpaired) electrons. The number of carbonyl (C=O) groups excluding carboxylic acids is 1. The first-order valence-corrected chi connectivity index (χ1v) is 4.55. The zero-order chi connectivity index (χ0) is 11.2. The van der Waals surface area contributed by atoms with E-state index in [0.29, 0.717) is 6.42 Å². The van der Waals surface area contributed by atoms with Gasteiger partial charge in [0.1, 0.15) is 5.60 Å². The largest absolute Gasteiger partial charge is 0.457 e. The van der Waals surface area contributed by atoms with Crippen LogP contribution in [0.1, 0.15) is 27.2 Å². The summed E-state index contributed by atoms with van der Waals surface area (Å²) in [5, 5.41) is 9.08. The molecule has 0 fully saturated rings. The predicted octanol–water partition coefficient (Wildman–Crippen LogP) is 1.82. The summed E-state index contributed by atoms with van der Waals surface area (Å²) in [5.74, 6) is -0.395. The van der Waals surface area contributed by atoms with E-state index in [9.17, 15) is 4.79 Å². The lowest BCUT2D eigenvalue weighted by molar-refractivity contribution is -0.148. The first kappa shape index (κ1) is 12.9. The minimum absolute atomic E-state index is 0.378. The van der Waals surface area contributed by atoms with Gasteiger partial charge in [-0.05, 0) is 27.2 Å². The van der Waals surface area contributed by atoms with Crippen molar-refractivity contribution < 1.29 is 14.6 Å². The van der Waals surface area contributed by atoms with Crippen molar-refractivity contribution >= 4 is 5.97 Å². The quantitative estimate of drug-likeness (QED) is 0.426. The van der Waals surface area contributed by atoms with E-state index in [1.807, 2.05) is 0 Å². The SMILES string of the molecule is C=C[C@@H](O)C/C=C/C(=O)OC(C)(C)C. The maximum atomic E-state index is 11.1. The van der Waals surface area contributed by atoms with Crippen LogP contribution < -0.4 is 0 Å². The highest BCUT2D eigenvalue weighted by molar-refractivity contribution is 5.82. The lowest BCUT2D eigenvalue weighted by Crippen LogP contribution is -2.22. The van der Waals surface area contributed by atoms with Crippen LogP contribution >= 0.6 is 0 Å². The molecule has 0 heterocycles. The third kappa shape index (κ3) is 7.55. The van der Waals surface area contributed by atoms with Crippen molar-refractivity contribution in [2.45, 2.75) is 38.9 Å². The number of ether oxygens (including phenoxy) is 1. The highest BCUT2D eigenvalue weighted by Gasteiger charge is 2.13. The van der Waals surface area contributed by atoms with Crippen molar-refractivity contribution in [1.82, 2.24) is 0 Å². The van der Waals surface area contributed by atoms with Crippen LogP contribution in [0.4, 0.5) is 0 Å². The van der Waals surface area contributed by atoms with Gasteiger partial charge in [-0.25, -0.2) is 4.79 Å². The van der Waals surface area contributed by atoms with Gasteiger partial charge in [-0.3, -0.25) is 0 Å². The smallest absolute Gasteiger partial charge is 0.330 e. The number of esters is 1. The number of carbonyl (C=O) groups is 1. The third-order valence-electron chi connectivity index (χ3n) is 1.31. The second-order valence-corrected chi connectivity index (χ2v) is 3.97. The first-order chi connectivity index (χ1) is 6.35. The van der Waals surface area contributed by atoms with Crippen molar-refractivity contribution in [3.05, 3.63) is 24.8 Å². The Morgan fingerprint density at radius 1 is 1.57 bits per heavy atom. The Labute approximate surface area is 85.1 Å². The van der Waals surface area contributed by atoms with Gasteiger partial charge >= 0.3 is 5.97 Å². The van der Waals surface area contributed by atoms with Gasteiger partial charge in [0.25, 0.3) is 0 Å². The van der Waals surface area contributed by atoms with Gasteiger partial charge in [0.2, 0.25) is 0 Å². The minimum atomic E-state index is -0.603. The number of hydrogen-bond donors (Lipinski definition) is 1. The van der Waals surface area contributed by atoms with E-state index in [-0.39, 0.29) is 0 Å². The molecule has 0 aliphatic rings. The number of aliphatic hydroxyl groups is 1. The van der Waals surface area contributed by atoms with Crippen LogP contribution in [0.15, 0.2) is 24.8 Å². The monoisotopic (exact) mass is 198 g/mol. The fourth-order valence-corrected chi connectivity index (χ4v) is 0.736.